The Kier molecular flexibility index (Phi) is 8.50. The minimum atomic E-state index is -0.528. The van der Waals surface area contributed by atoms with Gasteiger partial charge in [0.2, 0.25) is 5.89 Å². The van der Waals surface area contributed by atoms with Gasteiger partial charge in [0.15, 0.2) is 5.58 Å². The van der Waals surface area contributed by atoms with Gasteiger partial charge in [0.1, 0.15) is 28.5 Å². The quantitative estimate of drug-likeness (QED) is 0.0968. The lowest BCUT2D eigenvalue weighted by molar-refractivity contribution is 0.0734. The summed E-state index contributed by atoms with van der Waals surface area (Å²) in [5.41, 5.74) is 2.02. The SMILES string of the molecule is CCCCCCCCOc1ccc2nc(-c3ccc(OC(=O)c4ccc5cc(OC)ccc5c4)cc3O)oc2c1. The Morgan fingerprint density at radius 3 is 2.40 bits per heavy atom. The average molecular weight is 540 g/mol. The molecular formula is C33H33NO6. The molecule has 0 saturated carbocycles. The third kappa shape index (κ3) is 6.37. The number of carbonyl (C=O) groups is 1. The fraction of sp³-hybridized carbons (Fsp3) is 0.273. The molecule has 0 bridgehead atoms. The Labute approximate surface area is 233 Å². The number of fused-ring (bicyclic) bond motifs is 2. The molecule has 0 unspecified atom stereocenters. The van der Waals surface area contributed by atoms with Gasteiger partial charge in [-0.1, -0.05) is 51.2 Å². The second-order valence-corrected chi connectivity index (χ2v) is 9.76. The van der Waals surface area contributed by atoms with Crippen LogP contribution in [-0.2, 0) is 0 Å². The van der Waals surface area contributed by atoms with Gasteiger partial charge >= 0.3 is 5.97 Å². The largest absolute Gasteiger partial charge is 0.507 e. The summed E-state index contributed by atoms with van der Waals surface area (Å²) in [6.45, 7) is 2.88. The van der Waals surface area contributed by atoms with Gasteiger partial charge in [-0.15, -0.1) is 0 Å². The molecule has 1 N–H and O–H groups in total. The van der Waals surface area contributed by atoms with E-state index in [4.69, 9.17) is 18.6 Å². The van der Waals surface area contributed by atoms with Crippen molar-refractivity contribution in [2.24, 2.45) is 0 Å². The van der Waals surface area contributed by atoms with Crippen LogP contribution in [0.5, 0.6) is 23.0 Å². The maximum Gasteiger partial charge on any atom is 0.343 e. The summed E-state index contributed by atoms with van der Waals surface area (Å²) in [6, 6.07) is 21.0. The number of benzene rings is 4. The number of esters is 1. The first-order valence-corrected chi connectivity index (χ1v) is 13.7. The molecule has 1 heterocycles. The van der Waals surface area contributed by atoms with E-state index in [2.05, 4.69) is 11.9 Å². The second-order valence-electron chi connectivity index (χ2n) is 9.76. The van der Waals surface area contributed by atoms with E-state index in [1.54, 1.807) is 31.4 Å². The molecule has 0 fully saturated rings. The maximum absolute atomic E-state index is 12.8. The molecule has 40 heavy (non-hydrogen) atoms. The minimum Gasteiger partial charge on any atom is -0.507 e. The summed E-state index contributed by atoms with van der Waals surface area (Å²) < 4.78 is 22.6. The number of methoxy groups -OCH3 is 1. The van der Waals surface area contributed by atoms with E-state index >= 15 is 0 Å². The Balaban J connectivity index is 1.23. The summed E-state index contributed by atoms with van der Waals surface area (Å²) in [5, 5.41) is 12.5. The number of nitrogens with zero attached hydrogens (tertiary/aromatic N) is 1. The van der Waals surface area contributed by atoms with Crippen LogP contribution in [0.4, 0.5) is 0 Å². The van der Waals surface area contributed by atoms with Crippen molar-refractivity contribution in [3.8, 4) is 34.5 Å². The summed E-state index contributed by atoms with van der Waals surface area (Å²) >= 11 is 0. The van der Waals surface area contributed by atoms with Gasteiger partial charge in [-0.05, 0) is 65.7 Å². The number of phenols is 1. The topological polar surface area (TPSA) is 91.0 Å². The van der Waals surface area contributed by atoms with E-state index in [9.17, 15) is 9.90 Å². The highest BCUT2D eigenvalue weighted by Gasteiger charge is 2.16. The number of carbonyl (C=O) groups excluding carboxylic acids is 1. The van der Waals surface area contributed by atoms with E-state index in [1.165, 1.54) is 31.7 Å². The first kappa shape index (κ1) is 27.1. The normalized spacial score (nSPS) is 11.2. The van der Waals surface area contributed by atoms with Crippen molar-refractivity contribution in [3.63, 3.8) is 0 Å². The molecule has 0 aliphatic rings. The Morgan fingerprint density at radius 2 is 1.57 bits per heavy atom. The van der Waals surface area contributed by atoms with E-state index in [0.29, 0.717) is 28.8 Å². The first-order chi connectivity index (χ1) is 19.5. The molecule has 4 aromatic carbocycles. The third-order valence-electron chi connectivity index (χ3n) is 6.82. The molecule has 0 radical (unpaired) electrons. The lowest BCUT2D eigenvalue weighted by atomic mass is 10.1. The van der Waals surface area contributed by atoms with Gasteiger partial charge in [-0.25, -0.2) is 9.78 Å². The molecule has 206 valence electrons. The maximum atomic E-state index is 12.8. The minimum absolute atomic E-state index is 0.109. The van der Waals surface area contributed by atoms with Crippen molar-refractivity contribution in [1.29, 1.82) is 0 Å². The third-order valence-corrected chi connectivity index (χ3v) is 6.82. The van der Waals surface area contributed by atoms with Crippen LogP contribution in [0.2, 0.25) is 0 Å². The number of oxazole rings is 1. The van der Waals surface area contributed by atoms with E-state index in [1.807, 2.05) is 42.5 Å². The lowest BCUT2D eigenvalue weighted by Gasteiger charge is -2.08. The Bertz CT molecular complexity index is 1620. The fourth-order valence-electron chi connectivity index (χ4n) is 4.58. The van der Waals surface area contributed by atoms with Gasteiger partial charge in [0, 0.05) is 12.1 Å². The summed E-state index contributed by atoms with van der Waals surface area (Å²) in [5.74, 6) is 1.31. The number of ether oxygens (including phenoxy) is 3. The van der Waals surface area contributed by atoms with Crippen molar-refractivity contribution in [2.45, 2.75) is 45.4 Å². The van der Waals surface area contributed by atoms with Crippen LogP contribution in [0.1, 0.15) is 55.8 Å². The number of hydrogen-bond acceptors (Lipinski definition) is 7. The molecule has 0 saturated heterocycles. The monoisotopic (exact) mass is 539 g/mol. The number of aromatic hydroxyl groups is 1. The summed E-state index contributed by atoms with van der Waals surface area (Å²) in [6.07, 6.45) is 7.23. The van der Waals surface area contributed by atoms with E-state index < -0.39 is 5.97 Å². The molecular weight excluding hydrogens is 506 g/mol. The van der Waals surface area contributed by atoms with E-state index in [-0.39, 0.29) is 17.4 Å². The summed E-state index contributed by atoms with van der Waals surface area (Å²) in [4.78, 5) is 17.3. The van der Waals surface area contributed by atoms with Crippen LogP contribution < -0.4 is 14.2 Å². The van der Waals surface area contributed by atoms with Crippen LogP contribution in [0.3, 0.4) is 0 Å². The highest BCUT2D eigenvalue weighted by atomic mass is 16.5. The van der Waals surface area contributed by atoms with Crippen molar-refractivity contribution in [2.75, 3.05) is 13.7 Å². The number of hydrogen-bond donors (Lipinski definition) is 1. The zero-order valence-corrected chi connectivity index (χ0v) is 22.8. The number of unbranched alkanes of at least 4 members (excludes halogenated alkanes) is 5. The van der Waals surface area contributed by atoms with Gasteiger partial charge in [-0.3, -0.25) is 0 Å². The average Bonchev–Trinajstić information content (AvgIpc) is 3.39. The predicted octanol–water partition coefficient (Wildman–Crippen LogP) is 8.32. The van der Waals surface area contributed by atoms with E-state index in [0.717, 1.165) is 35.1 Å². The molecule has 0 spiro atoms. The standard InChI is InChI=1S/C33H33NO6/c1-3-4-5-6-7-8-17-38-26-14-16-29-31(21-26)40-32(34-29)28-15-13-27(20-30(28)35)39-33(36)24-10-9-23-19-25(37-2)12-11-22(23)18-24/h9-16,18-21,35H,3-8,17H2,1-2H3. The molecule has 7 nitrogen and oxygen atoms in total. The van der Waals surface area contributed by atoms with Gasteiger partial charge in [-0.2, -0.15) is 0 Å². The zero-order chi connectivity index (χ0) is 27.9. The highest BCUT2D eigenvalue weighted by molar-refractivity contribution is 5.96. The van der Waals surface area contributed by atoms with Crippen LogP contribution in [-0.4, -0.2) is 29.8 Å². The number of phenolic OH excluding ortho intramolecular Hbond substituents is 1. The molecule has 5 aromatic rings. The van der Waals surface area contributed by atoms with Crippen molar-refractivity contribution >= 4 is 27.8 Å². The number of rotatable bonds is 12. The zero-order valence-electron chi connectivity index (χ0n) is 22.8. The van der Waals surface area contributed by atoms with Crippen LogP contribution in [0.15, 0.2) is 77.2 Å². The molecule has 7 heteroatoms. The van der Waals surface area contributed by atoms with Gasteiger partial charge in [0.05, 0.1) is 24.8 Å². The fourth-order valence-corrected chi connectivity index (χ4v) is 4.58. The van der Waals surface area contributed by atoms with Crippen molar-refractivity contribution in [1.82, 2.24) is 4.98 Å². The molecule has 1 aromatic heterocycles. The Hall–Kier alpha value is -4.52. The molecule has 0 aliphatic heterocycles. The molecule has 5 rings (SSSR count). The molecule has 0 aliphatic carbocycles. The van der Waals surface area contributed by atoms with Crippen molar-refractivity contribution < 1.29 is 28.5 Å². The van der Waals surface area contributed by atoms with Crippen LogP contribution in [0, 0.1) is 0 Å². The van der Waals surface area contributed by atoms with Crippen LogP contribution >= 0.6 is 0 Å². The molecule has 0 atom stereocenters. The van der Waals surface area contributed by atoms with Crippen LogP contribution in [0.25, 0.3) is 33.3 Å². The van der Waals surface area contributed by atoms with Gasteiger partial charge in [0.25, 0.3) is 0 Å². The highest BCUT2D eigenvalue weighted by Crippen LogP contribution is 2.35. The molecule has 0 amide bonds. The lowest BCUT2D eigenvalue weighted by Crippen LogP contribution is -2.08. The Morgan fingerprint density at radius 1 is 0.825 bits per heavy atom. The smallest absolute Gasteiger partial charge is 0.343 e. The second kappa shape index (κ2) is 12.6. The first-order valence-electron chi connectivity index (χ1n) is 13.7. The van der Waals surface area contributed by atoms with Crippen molar-refractivity contribution in [3.05, 3.63) is 78.4 Å². The summed E-state index contributed by atoms with van der Waals surface area (Å²) in [7, 11) is 1.61. The van der Waals surface area contributed by atoms with Gasteiger partial charge < -0.3 is 23.7 Å². The predicted molar refractivity (Wildman–Crippen MR) is 155 cm³/mol. The number of aromatic nitrogens is 1.